The van der Waals surface area contributed by atoms with Crippen LogP contribution in [-0.4, -0.2) is 23.0 Å². The van der Waals surface area contributed by atoms with Gasteiger partial charge in [0.05, 0.1) is 16.9 Å². The van der Waals surface area contributed by atoms with Crippen molar-refractivity contribution < 1.29 is 13.2 Å². The molecule has 0 spiro atoms. The van der Waals surface area contributed by atoms with E-state index in [0.717, 1.165) is 30.7 Å². The maximum absolute atomic E-state index is 12.7. The average molecular weight is 274 g/mol. The summed E-state index contributed by atoms with van der Waals surface area (Å²) in [7, 11) is 0. The number of alkyl halides is 3. The van der Waals surface area contributed by atoms with E-state index in [1.165, 1.54) is 5.51 Å². The summed E-state index contributed by atoms with van der Waals surface area (Å²) in [4.78, 5) is 5.55. The van der Waals surface area contributed by atoms with Gasteiger partial charge in [0, 0.05) is 13.1 Å². The van der Waals surface area contributed by atoms with Gasteiger partial charge < -0.3 is 0 Å². The summed E-state index contributed by atoms with van der Waals surface area (Å²) < 4.78 is 38.0. The molecule has 0 bridgehead atoms. The Morgan fingerprint density at radius 2 is 2.22 bits per heavy atom. The first-order valence-corrected chi connectivity index (χ1v) is 6.54. The summed E-state index contributed by atoms with van der Waals surface area (Å²) in [5, 5.41) is 0. The fourth-order valence-corrected chi connectivity index (χ4v) is 2.62. The highest BCUT2D eigenvalue weighted by Gasteiger charge is 2.36. The number of terminal acetylenes is 1. The molecule has 0 aromatic carbocycles. The Kier molecular flexibility index (Phi) is 3.93. The molecule has 1 saturated carbocycles. The van der Waals surface area contributed by atoms with Crippen LogP contribution in [0.25, 0.3) is 0 Å². The standard InChI is InChI=1S/C12H13F3N2S/c1-2-5-17(6-9-3-4-9)7-10-11(12(13,14)15)16-8-18-10/h1,8-9H,3-7H2. The zero-order chi connectivity index (χ0) is 13.2. The van der Waals surface area contributed by atoms with E-state index in [-0.39, 0.29) is 11.4 Å². The Bertz CT molecular complexity index is 443. The molecule has 0 saturated heterocycles. The SMILES string of the molecule is C#CCN(Cc1scnc1C(F)(F)F)CC1CC1. The fraction of sp³-hybridized carbons (Fsp3) is 0.583. The normalized spacial score (nSPS) is 15.9. The molecule has 98 valence electrons. The minimum Gasteiger partial charge on any atom is -0.287 e. The predicted octanol–water partition coefficient (Wildman–Crippen LogP) is 3.01. The van der Waals surface area contributed by atoms with Crippen molar-refractivity contribution >= 4 is 11.3 Å². The Hall–Kier alpha value is -1.06. The largest absolute Gasteiger partial charge is 0.434 e. The molecule has 2 rings (SSSR count). The lowest BCUT2D eigenvalue weighted by Crippen LogP contribution is -2.26. The van der Waals surface area contributed by atoms with Crippen LogP contribution in [0, 0.1) is 18.3 Å². The van der Waals surface area contributed by atoms with E-state index in [1.807, 2.05) is 4.90 Å². The highest BCUT2D eigenvalue weighted by Crippen LogP contribution is 2.34. The first kappa shape index (κ1) is 13.4. The molecule has 1 fully saturated rings. The van der Waals surface area contributed by atoms with Gasteiger partial charge in [-0.25, -0.2) is 4.98 Å². The molecule has 1 heterocycles. The molecule has 18 heavy (non-hydrogen) atoms. The zero-order valence-corrected chi connectivity index (χ0v) is 10.5. The van der Waals surface area contributed by atoms with Crippen molar-refractivity contribution in [3.8, 4) is 12.3 Å². The van der Waals surface area contributed by atoms with Gasteiger partial charge in [0.1, 0.15) is 0 Å². The lowest BCUT2D eigenvalue weighted by Gasteiger charge is -2.19. The molecule has 0 amide bonds. The van der Waals surface area contributed by atoms with Crippen molar-refractivity contribution in [2.75, 3.05) is 13.1 Å². The number of hydrogen-bond acceptors (Lipinski definition) is 3. The second kappa shape index (κ2) is 5.29. The van der Waals surface area contributed by atoms with Crippen LogP contribution < -0.4 is 0 Å². The summed E-state index contributed by atoms with van der Waals surface area (Å²) >= 11 is 1.04. The second-order valence-electron chi connectivity index (χ2n) is 4.44. The Labute approximate surface area is 108 Å². The number of hydrogen-bond donors (Lipinski definition) is 0. The Morgan fingerprint density at radius 1 is 1.50 bits per heavy atom. The third-order valence-electron chi connectivity index (χ3n) is 2.80. The molecule has 1 aliphatic carbocycles. The van der Waals surface area contributed by atoms with Crippen LogP contribution in [0.4, 0.5) is 13.2 Å². The number of rotatable bonds is 5. The van der Waals surface area contributed by atoms with Gasteiger partial charge in [0.15, 0.2) is 5.69 Å². The maximum atomic E-state index is 12.7. The number of thiazole rings is 1. The van der Waals surface area contributed by atoms with Gasteiger partial charge in [-0.3, -0.25) is 4.90 Å². The van der Waals surface area contributed by atoms with Gasteiger partial charge in [-0.15, -0.1) is 17.8 Å². The lowest BCUT2D eigenvalue weighted by atomic mass is 10.3. The van der Waals surface area contributed by atoms with Crippen molar-refractivity contribution in [1.29, 1.82) is 0 Å². The molecule has 1 aliphatic rings. The monoisotopic (exact) mass is 274 g/mol. The number of halogens is 3. The van der Waals surface area contributed by atoms with E-state index in [4.69, 9.17) is 6.42 Å². The number of nitrogens with zero attached hydrogens (tertiary/aromatic N) is 2. The molecule has 6 heteroatoms. The minimum absolute atomic E-state index is 0.236. The molecule has 1 aromatic heterocycles. The topological polar surface area (TPSA) is 16.1 Å². The third-order valence-corrected chi connectivity index (χ3v) is 3.62. The number of aromatic nitrogens is 1. The van der Waals surface area contributed by atoms with Crippen molar-refractivity contribution in [2.45, 2.75) is 25.6 Å². The van der Waals surface area contributed by atoms with Crippen LogP contribution in [-0.2, 0) is 12.7 Å². The summed E-state index contributed by atoms with van der Waals surface area (Å²) in [6, 6.07) is 0. The molecule has 0 unspecified atom stereocenters. The van der Waals surface area contributed by atoms with Crippen LogP contribution in [0.5, 0.6) is 0 Å². The maximum Gasteiger partial charge on any atom is 0.434 e. The van der Waals surface area contributed by atoms with E-state index in [0.29, 0.717) is 12.5 Å². The van der Waals surface area contributed by atoms with Crippen LogP contribution in [0.1, 0.15) is 23.4 Å². The van der Waals surface area contributed by atoms with Gasteiger partial charge in [0.25, 0.3) is 0 Å². The van der Waals surface area contributed by atoms with E-state index in [2.05, 4.69) is 10.9 Å². The average Bonchev–Trinajstić information content (AvgIpc) is 2.93. The molecule has 0 radical (unpaired) electrons. The Balaban J connectivity index is 2.06. The zero-order valence-electron chi connectivity index (χ0n) is 9.70. The summed E-state index contributed by atoms with van der Waals surface area (Å²) in [6.45, 7) is 1.39. The van der Waals surface area contributed by atoms with Crippen molar-refractivity contribution in [2.24, 2.45) is 5.92 Å². The van der Waals surface area contributed by atoms with Gasteiger partial charge in [0.2, 0.25) is 0 Å². The van der Waals surface area contributed by atoms with Crippen LogP contribution in [0.3, 0.4) is 0 Å². The van der Waals surface area contributed by atoms with Crippen molar-refractivity contribution in [1.82, 2.24) is 9.88 Å². The summed E-state index contributed by atoms with van der Waals surface area (Å²) in [5.41, 5.74) is 0.467. The van der Waals surface area contributed by atoms with Gasteiger partial charge in [-0.2, -0.15) is 13.2 Å². The van der Waals surface area contributed by atoms with Gasteiger partial charge in [-0.1, -0.05) is 5.92 Å². The van der Waals surface area contributed by atoms with E-state index >= 15 is 0 Å². The minimum atomic E-state index is -4.38. The summed E-state index contributed by atoms with van der Waals surface area (Å²) in [5.74, 6) is 3.10. The molecular formula is C12H13F3N2S. The van der Waals surface area contributed by atoms with Crippen LogP contribution in [0.15, 0.2) is 5.51 Å². The lowest BCUT2D eigenvalue weighted by molar-refractivity contribution is -0.141. The smallest absolute Gasteiger partial charge is 0.287 e. The first-order valence-electron chi connectivity index (χ1n) is 5.66. The van der Waals surface area contributed by atoms with E-state index in [1.54, 1.807) is 0 Å². The van der Waals surface area contributed by atoms with Gasteiger partial charge in [-0.05, 0) is 18.8 Å². The van der Waals surface area contributed by atoms with E-state index in [9.17, 15) is 13.2 Å². The fourth-order valence-electron chi connectivity index (χ4n) is 1.80. The molecule has 0 atom stereocenters. The van der Waals surface area contributed by atoms with Gasteiger partial charge >= 0.3 is 6.18 Å². The van der Waals surface area contributed by atoms with Crippen LogP contribution in [0.2, 0.25) is 0 Å². The summed E-state index contributed by atoms with van der Waals surface area (Å²) in [6.07, 6.45) is 3.17. The third kappa shape index (κ3) is 3.47. The quantitative estimate of drug-likeness (QED) is 0.767. The Morgan fingerprint density at radius 3 is 2.78 bits per heavy atom. The molecular weight excluding hydrogens is 261 g/mol. The van der Waals surface area contributed by atoms with Crippen LogP contribution >= 0.6 is 11.3 Å². The molecule has 1 aromatic rings. The van der Waals surface area contributed by atoms with Crippen molar-refractivity contribution in [3.63, 3.8) is 0 Å². The molecule has 2 nitrogen and oxygen atoms in total. The highest BCUT2D eigenvalue weighted by atomic mass is 32.1. The predicted molar refractivity (Wildman–Crippen MR) is 64.0 cm³/mol. The van der Waals surface area contributed by atoms with E-state index < -0.39 is 11.9 Å². The first-order chi connectivity index (χ1) is 8.50. The highest BCUT2D eigenvalue weighted by molar-refractivity contribution is 7.09. The molecule has 0 aliphatic heterocycles. The second-order valence-corrected chi connectivity index (χ2v) is 5.38. The molecule has 0 N–H and O–H groups in total. The van der Waals surface area contributed by atoms with Crippen molar-refractivity contribution in [3.05, 3.63) is 16.1 Å².